The van der Waals surface area contributed by atoms with E-state index < -0.39 is 6.04 Å². The molecule has 0 spiro atoms. The van der Waals surface area contributed by atoms with Gasteiger partial charge in [0.2, 0.25) is 0 Å². The SMILES string of the molecule is COc1cccc(NC(C(=O)c2c[nH]c3ccccc23)c2cnn(C)c2)c1. The number of ether oxygens (including phenoxy) is 1. The number of benzene rings is 2. The van der Waals surface area contributed by atoms with Crippen LogP contribution >= 0.6 is 0 Å². The molecule has 136 valence electrons. The molecule has 0 fully saturated rings. The minimum Gasteiger partial charge on any atom is -0.497 e. The van der Waals surface area contributed by atoms with E-state index in [1.165, 1.54) is 0 Å². The number of Topliss-reactive ketones (excluding diaryl/α,β-unsaturated/α-hetero) is 1. The summed E-state index contributed by atoms with van der Waals surface area (Å²) in [5.74, 6) is 0.702. The van der Waals surface area contributed by atoms with Gasteiger partial charge in [-0.1, -0.05) is 24.3 Å². The number of aryl methyl sites for hydroxylation is 1. The van der Waals surface area contributed by atoms with Crippen LogP contribution in [0.15, 0.2) is 67.1 Å². The first kappa shape index (κ1) is 16.9. The standard InChI is InChI=1S/C21H20N4O2/c1-25-13-14(11-23-25)20(24-15-6-5-7-16(10-15)27-2)21(26)18-12-22-19-9-4-3-8-17(18)19/h3-13,20,22,24H,1-2H3. The van der Waals surface area contributed by atoms with E-state index in [0.717, 1.165) is 27.9 Å². The van der Waals surface area contributed by atoms with Crippen LogP contribution < -0.4 is 10.1 Å². The van der Waals surface area contributed by atoms with Crippen LogP contribution in [0.25, 0.3) is 10.9 Å². The lowest BCUT2D eigenvalue weighted by Gasteiger charge is -2.18. The van der Waals surface area contributed by atoms with Crippen LogP contribution in [-0.4, -0.2) is 27.7 Å². The minimum atomic E-state index is -0.565. The molecule has 0 aliphatic heterocycles. The number of hydrogen-bond acceptors (Lipinski definition) is 4. The molecule has 0 saturated heterocycles. The van der Waals surface area contributed by atoms with Crippen molar-refractivity contribution in [2.45, 2.75) is 6.04 Å². The summed E-state index contributed by atoms with van der Waals surface area (Å²) in [6, 6.07) is 14.8. The Labute approximate surface area is 156 Å². The number of hydrogen-bond donors (Lipinski definition) is 2. The number of nitrogens with zero attached hydrogens (tertiary/aromatic N) is 2. The second kappa shape index (κ2) is 6.99. The van der Waals surface area contributed by atoms with E-state index in [1.807, 2.05) is 61.8 Å². The summed E-state index contributed by atoms with van der Waals surface area (Å²) in [7, 11) is 3.46. The van der Waals surface area contributed by atoms with Gasteiger partial charge in [0.1, 0.15) is 11.8 Å². The van der Waals surface area contributed by atoms with Crippen molar-refractivity contribution in [3.63, 3.8) is 0 Å². The second-order valence-corrected chi connectivity index (χ2v) is 6.37. The molecule has 6 heteroatoms. The molecule has 0 aliphatic rings. The second-order valence-electron chi connectivity index (χ2n) is 6.37. The summed E-state index contributed by atoms with van der Waals surface area (Å²) in [5, 5.41) is 8.48. The van der Waals surface area contributed by atoms with Crippen LogP contribution in [-0.2, 0) is 7.05 Å². The summed E-state index contributed by atoms with van der Waals surface area (Å²) in [6.07, 6.45) is 5.33. The largest absolute Gasteiger partial charge is 0.497 e. The molecular weight excluding hydrogens is 340 g/mol. The molecule has 6 nitrogen and oxygen atoms in total. The Bertz CT molecular complexity index is 1100. The third-order valence-electron chi connectivity index (χ3n) is 4.56. The highest BCUT2D eigenvalue weighted by molar-refractivity contribution is 6.11. The van der Waals surface area contributed by atoms with E-state index in [-0.39, 0.29) is 5.78 Å². The van der Waals surface area contributed by atoms with E-state index >= 15 is 0 Å². The van der Waals surface area contributed by atoms with Crippen molar-refractivity contribution in [1.29, 1.82) is 0 Å². The van der Waals surface area contributed by atoms with Crippen LogP contribution in [0.1, 0.15) is 22.0 Å². The van der Waals surface area contributed by atoms with Crippen molar-refractivity contribution < 1.29 is 9.53 Å². The third-order valence-corrected chi connectivity index (χ3v) is 4.56. The van der Waals surface area contributed by atoms with Gasteiger partial charge in [0.05, 0.1) is 13.3 Å². The van der Waals surface area contributed by atoms with Gasteiger partial charge >= 0.3 is 0 Å². The van der Waals surface area contributed by atoms with Gasteiger partial charge in [0.15, 0.2) is 5.78 Å². The number of anilines is 1. The smallest absolute Gasteiger partial charge is 0.191 e. The van der Waals surface area contributed by atoms with Gasteiger partial charge in [-0.15, -0.1) is 0 Å². The van der Waals surface area contributed by atoms with Crippen molar-refractivity contribution in [1.82, 2.24) is 14.8 Å². The molecule has 2 N–H and O–H groups in total. The molecule has 1 unspecified atom stereocenters. The highest BCUT2D eigenvalue weighted by atomic mass is 16.5. The van der Waals surface area contributed by atoms with Crippen molar-refractivity contribution in [3.05, 3.63) is 78.2 Å². The molecule has 27 heavy (non-hydrogen) atoms. The summed E-state index contributed by atoms with van der Waals surface area (Å²) in [5.41, 5.74) is 3.19. The number of fused-ring (bicyclic) bond motifs is 1. The number of ketones is 1. The van der Waals surface area contributed by atoms with Gasteiger partial charge in [-0.25, -0.2) is 0 Å². The number of rotatable bonds is 6. The maximum atomic E-state index is 13.4. The highest BCUT2D eigenvalue weighted by Gasteiger charge is 2.25. The zero-order valence-corrected chi connectivity index (χ0v) is 15.1. The Morgan fingerprint density at radius 3 is 2.85 bits per heavy atom. The van der Waals surface area contributed by atoms with Gasteiger partial charge in [-0.05, 0) is 18.2 Å². The van der Waals surface area contributed by atoms with Gasteiger partial charge in [0, 0.05) is 53.2 Å². The van der Waals surface area contributed by atoms with Gasteiger partial charge in [-0.2, -0.15) is 5.10 Å². The van der Waals surface area contributed by atoms with E-state index in [2.05, 4.69) is 15.4 Å². The van der Waals surface area contributed by atoms with Crippen LogP contribution in [0.4, 0.5) is 5.69 Å². The van der Waals surface area contributed by atoms with Gasteiger partial charge in [0.25, 0.3) is 0 Å². The predicted octanol–water partition coefficient (Wildman–Crippen LogP) is 3.95. The van der Waals surface area contributed by atoms with Crippen LogP contribution in [0, 0.1) is 0 Å². The zero-order valence-electron chi connectivity index (χ0n) is 15.1. The lowest BCUT2D eigenvalue weighted by Crippen LogP contribution is -2.21. The maximum Gasteiger partial charge on any atom is 0.191 e. The molecule has 0 radical (unpaired) electrons. The highest BCUT2D eigenvalue weighted by Crippen LogP contribution is 2.28. The number of aromatic nitrogens is 3. The molecule has 2 heterocycles. The first-order valence-corrected chi connectivity index (χ1v) is 8.65. The van der Waals surface area contributed by atoms with Crippen molar-refractivity contribution in [3.8, 4) is 5.75 Å². The molecule has 4 rings (SSSR count). The average Bonchev–Trinajstić information content (AvgIpc) is 3.32. The van der Waals surface area contributed by atoms with E-state index in [1.54, 1.807) is 24.2 Å². The zero-order chi connectivity index (χ0) is 18.8. The Morgan fingerprint density at radius 2 is 2.07 bits per heavy atom. The number of H-pyrrole nitrogens is 1. The normalized spacial score (nSPS) is 12.1. The van der Waals surface area contributed by atoms with Crippen LogP contribution in [0.5, 0.6) is 5.75 Å². The number of para-hydroxylation sites is 1. The topological polar surface area (TPSA) is 71.9 Å². The van der Waals surface area contributed by atoms with E-state index in [9.17, 15) is 4.79 Å². The molecule has 2 aromatic heterocycles. The number of carbonyl (C=O) groups excluding carboxylic acids is 1. The molecule has 0 saturated carbocycles. The maximum absolute atomic E-state index is 13.4. The Hall–Kier alpha value is -3.54. The predicted molar refractivity (Wildman–Crippen MR) is 105 cm³/mol. The molecule has 1 atom stereocenters. The fraction of sp³-hybridized carbons (Fsp3) is 0.143. The van der Waals surface area contributed by atoms with Crippen molar-refractivity contribution >= 4 is 22.4 Å². The summed E-state index contributed by atoms with van der Waals surface area (Å²) in [6.45, 7) is 0. The molecule has 0 aliphatic carbocycles. The van der Waals surface area contributed by atoms with Crippen molar-refractivity contribution in [2.24, 2.45) is 7.05 Å². The van der Waals surface area contributed by atoms with Crippen LogP contribution in [0.2, 0.25) is 0 Å². The van der Waals surface area contributed by atoms with E-state index in [4.69, 9.17) is 4.74 Å². The number of nitrogens with one attached hydrogen (secondary N) is 2. The first-order valence-electron chi connectivity index (χ1n) is 8.65. The fourth-order valence-electron chi connectivity index (χ4n) is 3.20. The lowest BCUT2D eigenvalue weighted by atomic mass is 9.99. The Morgan fingerprint density at radius 1 is 1.22 bits per heavy atom. The summed E-state index contributed by atoms with van der Waals surface area (Å²) in [4.78, 5) is 16.6. The van der Waals surface area contributed by atoms with E-state index in [0.29, 0.717) is 5.56 Å². The molecule has 4 aromatic rings. The number of methoxy groups -OCH3 is 1. The van der Waals surface area contributed by atoms with Gasteiger partial charge in [-0.3, -0.25) is 9.48 Å². The summed E-state index contributed by atoms with van der Waals surface area (Å²) >= 11 is 0. The molecule has 0 amide bonds. The quantitative estimate of drug-likeness (QED) is 0.511. The van der Waals surface area contributed by atoms with Crippen molar-refractivity contribution in [2.75, 3.05) is 12.4 Å². The average molecular weight is 360 g/mol. The lowest BCUT2D eigenvalue weighted by molar-refractivity contribution is 0.0971. The monoisotopic (exact) mass is 360 g/mol. The number of carbonyl (C=O) groups is 1. The molecule has 2 aromatic carbocycles. The Kier molecular flexibility index (Phi) is 4.38. The van der Waals surface area contributed by atoms with Gasteiger partial charge < -0.3 is 15.0 Å². The Balaban J connectivity index is 1.74. The van der Waals surface area contributed by atoms with Crippen LogP contribution in [0.3, 0.4) is 0 Å². The first-order chi connectivity index (χ1) is 13.2. The molecular formula is C21H20N4O2. The minimum absolute atomic E-state index is 0.0248. The third kappa shape index (κ3) is 3.29. The number of aromatic amines is 1. The fourth-order valence-corrected chi connectivity index (χ4v) is 3.20. The summed E-state index contributed by atoms with van der Waals surface area (Å²) < 4.78 is 6.98. The molecule has 0 bridgehead atoms.